The van der Waals surface area contributed by atoms with Gasteiger partial charge in [0.2, 0.25) is 0 Å². The molecule has 0 aliphatic heterocycles. The van der Waals surface area contributed by atoms with Gasteiger partial charge in [0.15, 0.2) is 0 Å². The fraction of sp³-hybridized carbons (Fsp3) is 0. The third kappa shape index (κ3) is 4.07. The Morgan fingerprint density at radius 3 is 2.14 bits per heavy atom. The summed E-state index contributed by atoms with van der Waals surface area (Å²) in [6.45, 7) is 0. The second-order valence-electron chi connectivity index (χ2n) is 3.88. The molecule has 1 aromatic carbocycles. The lowest BCUT2D eigenvalue weighted by Gasteiger charge is -2.08. The van der Waals surface area contributed by atoms with Crippen LogP contribution in [0.3, 0.4) is 0 Å². The van der Waals surface area contributed by atoms with Crippen molar-refractivity contribution in [2.75, 3.05) is 0 Å². The highest BCUT2D eigenvalue weighted by Crippen LogP contribution is 2.16. The zero-order valence-electron chi connectivity index (χ0n) is 10.4. The van der Waals surface area contributed by atoms with Gasteiger partial charge in [0.25, 0.3) is 11.8 Å². The summed E-state index contributed by atoms with van der Waals surface area (Å²) in [5, 5.41) is 0.747. The van der Waals surface area contributed by atoms with E-state index in [1.165, 1.54) is 24.3 Å². The van der Waals surface area contributed by atoms with E-state index in [4.69, 9.17) is 34.8 Å². The van der Waals surface area contributed by atoms with Crippen molar-refractivity contribution in [3.8, 4) is 0 Å². The Bertz CT molecular complexity index is 690. The van der Waals surface area contributed by atoms with Crippen molar-refractivity contribution in [2.45, 2.75) is 0 Å². The number of hydrogen-bond donors (Lipinski definition) is 2. The van der Waals surface area contributed by atoms with Gasteiger partial charge in [-0.05, 0) is 36.4 Å². The highest BCUT2D eigenvalue weighted by atomic mass is 35.5. The van der Waals surface area contributed by atoms with Crippen LogP contribution in [0.5, 0.6) is 0 Å². The molecule has 108 valence electrons. The molecule has 0 atom stereocenters. The summed E-state index contributed by atoms with van der Waals surface area (Å²) >= 11 is 17.2. The fourth-order valence-corrected chi connectivity index (χ4v) is 1.89. The van der Waals surface area contributed by atoms with Crippen molar-refractivity contribution in [2.24, 2.45) is 0 Å². The number of rotatable bonds is 2. The van der Waals surface area contributed by atoms with Crippen molar-refractivity contribution in [3.05, 3.63) is 62.9 Å². The third-order valence-electron chi connectivity index (χ3n) is 2.42. The molecular weight excluding hydrogens is 337 g/mol. The van der Waals surface area contributed by atoms with Crippen molar-refractivity contribution >= 4 is 46.6 Å². The lowest BCUT2D eigenvalue weighted by molar-refractivity contribution is 0.0844. The molecule has 0 saturated carbocycles. The van der Waals surface area contributed by atoms with E-state index in [9.17, 15) is 9.59 Å². The van der Waals surface area contributed by atoms with Crippen molar-refractivity contribution < 1.29 is 9.59 Å². The van der Waals surface area contributed by atoms with E-state index in [0.717, 1.165) is 0 Å². The Balaban J connectivity index is 2.02. The molecule has 0 aliphatic carbocycles. The summed E-state index contributed by atoms with van der Waals surface area (Å²) in [6, 6.07) is 9.06. The molecule has 0 spiro atoms. The Morgan fingerprint density at radius 1 is 0.857 bits per heavy atom. The Kier molecular flexibility index (Phi) is 5.01. The number of nitrogens with zero attached hydrogens (tertiary/aromatic N) is 1. The van der Waals surface area contributed by atoms with E-state index in [1.807, 2.05) is 0 Å². The summed E-state index contributed by atoms with van der Waals surface area (Å²) in [6.07, 6.45) is 0. The lowest BCUT2D eigenvalue weighted by atomic mass is 10.2. The predicted molar refractivity (Wildman–Crippen MR) is 80.6 cm³/mol. The van der Waals surface area contributed by atoms with Gasteiger partial charge in [0, 0.05) is 10.6 Å². The first-order valence-corrected chi connectivity index (χ1v) is 6.79. The SMILES string of the molecule is O=C(NNC(=O)c1nc(Cl)ccc1Cl)c1ccc(Cl)cc1. The molecule has 0 saturated heterocycles. The van der Waals surface area contributed by atoms with E-state index in [1.54, 1.807) is 12.1 Å². The minimum Gasteiger partial charge on any atom is -0.267 e. The molecule has 0 radical (unpaired) electrons. The quantitative estimate of drug-likeness (QED) is 0.649. The summed E-state index contributed by atoms with van der Waals surface area (Å²) < 4.78 is 0. The van der Waals surface area contributed by atoms with Gasteiger partial charge in [-0.15, -0.1) is 0 Å². The van der Waals surface area contributed by atoms with Crippen LogP contribution in [0.2, 0.25) is 15.2 Å². The topological polar surface area (TPSA) is 71.1 Å². The van der Waals surface area contributed by atoms with Gasteiger partial charge in [-0.2, -0.15) is 0 Å². The Morgan fingerprint density at radius 2 is 1.48 bits per heavy atom. The maximum Gasteiger partial charge on any atom is 0.289 e. The molecule has 5 nitrogen and oxygen atoms in total. The van der Waals surface area contributed by atoms with Gasteiger partial charge in [-0.25, -0.2) is 4.98 Å². The predicted octanol–water partition coefficient (Wildman–Crippen LogP) is 3.12. The molecule has 1 heterocycles. The number of aromatic nitrogens is 1. The molecule has 2 rings (SSSR count). The van der Waals surface area contributed by atoms with Crippen LogP contribution < -0.4 is 10.9 Å². The number of nitrogens with one attached hydrogen (secondary N) is 2. The molecule has 2 N–H and O–H groups in total. The van der Waals surface area contributed by atoms with Crippen LogP contribution in [0.1, 0.15) is 20.8 Å². The normalized spacial score (nSPS) is 10.0. The van der Waals surface area contributed by atoms with Crippen LogP contribution in [-0.4, -0.2) is 16.8 Å². The van der Waals surface area contributed by atoms with Crippen LogP contribution in [0.25, 0.3) is 0 Å². The average Bonchev–Trinajstić information content (AvgIpc) is 2.47. The number of carbonyl (C=O) groups is 2. The van der Waals surface area contributed by atoms with Crippen LogP contribution in [0.4, 0.5) is 0 Å². The maximum absolute atomic E-state index is 11.9. The lowest BCUT2D eigenvalue weighted by Crippen LogP contribution is -2.42. The largest absolute Gasteiger partial charge is 0.289 e. The van der Waals surface area contributed by atoms with Gasteiger partial charge < -0.3 is 0 Å². The summed E-state index contributed by atoms with van der Waals surface area (Å²) in [7, 11) is 0. The van der Waals surface area contributed by atoms with Crippen LogP contribution >= 0.6 is 34.8 Å². The molecule has 21 heavy (non-hydrogen) atoms. The third-order valence-corrected chi connectivity index (χ3v) is 3.19. The van der Waals surface area contributed by atoms with Crippen molar-refractivity contribution in [1.29, 1.82) is 0 Å². The average molecular weight is 345 g/mol. The molecule has 0 fully saturated rings. The summed E-state index contributed by atoms with van der Waals surface area (Å²) in [5.74, 6) is -1.18. The zero-order valence-corrected chi connectivity index (χ0v) is 12.6. The molecule has 0 aliphatic rings. The van der Waals surface area contributed by atoms with Crippen molar-refractivity contribution in [1.82, 2.24) is 15.8 Å². The second kappa shape index (κ2) is 6.76. The van der Waals surface area contributed by atoms with Gasteiger partial charge >= 0.3 is 0 Å². The van der Waals surface area contributed by atoms with Gasteiger partial charge in [-0.1, -0.05) is 34.8 Å². The first kappa shape index (κ1) is 15.6. The number of hydrazine groups is 1. The van der Waals surface area contributed by atoms with Gasteiger partial charge in [0.1, 0.15) is 10.8 Å². The molecule has 0 unspecified atom stereocenters. The monoisotopic (exact) mass is 343 g/mol. The molecule has 2 aromatic rings. The summed E-state index contributed by atoms with van der Waals surface area (Å²) in [4.78, 5) is 27.4. The number of carbonyl (C=O) groups excluding carboxylic acids is 2. The first-order valence-electron chi connectivity index (χ1n) is 5.65. The van der Waals surface area contributed by atoms with Gasteiger partial charge in [-0.3, -0.25) is 20.4 Å². The number of hydrogen-bond acceptors (Lipinski definition) is 3. The van der Waals surface area contributed by atoms with Crippen LogP contribution in [-0.2, 0) is 0 Å². The molecule has 1 aromatic heterocycles. The van der Waals surface area contributed by atoms with Crippen LogP contribution in [0, 0.1) is 0 Å². The zero-order chi connectivity index (χ0) is 15.4. The van der Waals surface area contributed by atoms with E-state index >= 15 is 0 Å². The highest BCUT2D eigenvalue weighted by molar-refractivity contribution is 6.34. The molecule has 8 heteroatoms. The van der Waals surface area contributed by atoms with E-state index < -0.39 is 11.8 Å². The molecular formula is C13H8Cl3N3O2. The van der Waals surface area contributed by atoms with Crippen molar-refractivity contribution in [3.63, 3.8) is 0 Å². The Labute approximate surface area is 135 Å². The van der Waals surface area contributed by atoms with E-state index in [2.05, 4.69) is 15.8 Å². The number of benzene rings is 1. The Hall–Kier alpha value is -1.82. The fourth-order valence-electron chi connectivity index (χ4n) is 1.42. The minimum atomic E-state index is -0.676. The number of amides is 2. The number of pyridine rings is 1. The smallest absolute Gasteiger partial charge is 0.267 e. The number of halogens is 3. The highest BCUT2D eigenvalue weighted by Gasteiger charge is 2.14. The minimum absolute atomic E-state index is 0.0828. The standard InChI is InChI=1S/C13H8Cl3N3O2/c14-8-3-1-7(2-4-8)12(20)18-19-13(21)11-9(15)5-6-10(16)17-11/h1-6H,(H,18,20)(H,19,21). The van der Waals surface area contributed by atoms with Crippen LogP contribution in [0.15, 0.2) is 36.4 Å². The summed E-state index contributed by atoms with van der Waals surface area (Å²) in [5.41, 5.74) is 4.70. The maximum atomic E-state index is 11.9. The first-order chi connectivity index (χ1) is 9.97. The molecule has 0 bridgehead atoms. The van der Waals surface area contributed by atoms with Gasteiger partial charge in [0.05, 0.1) is 5.02 Å². The molecule has 2 amide bonds. The van der Waals surface area contributed by atoms with E-state index in [0.29, 0.717) is 10.6 Å². The van der Waals surface area contributed by atoms with E-state index in [-0.39, 0.29) is 15.9 Å². The second-order valence-corrected chi connectivity index (χ2v) is 5.11.